The fourth-order valence-corrected chi connectivity index (χ4v) is 0.646. The van der Waals surface area contributed by atoms with Crippen LogP contribution in [0.15, 0.2) is 5.11 Å². The van der Waals surface area contributed by atoms with Gasteiger partial charge in [0.25, 0.3) is 0 Å². The quantitative estimate of drug-likeness (QED) is 0.288. The topological polar surface area (TPSA) is 77.9 Å². The first-order chi connectivity index (χ1) is 5.31. The van der Waals surface area contributed by atoms with Gasteiger partial charge in [-0.25, -0.2) is 0 Å². The summed E-state index contributed by atoms with van der Waals surface area (Å²) >= 11 is 0. The van der Waals surface area contributed by atoms with Crippen LogP contribution >= 0.6 is 0 Å². The summed E-state index contributed by atoms with van der Waals surface area (Å²) in [5.41, 5.74) is 7.84. The van der Waals surface area contributed by atoms with Crippen molar-refractivity contribution < 1.29 is 4.79 Å². The molecule has 0 unspecified atom stereocenters. The Morgan fingerprint density at radius 3 is 2.91 bits per heavy atom. The summed E-state index contributed by atoms with van der Waals surface area (Å²) in [6, 6.07) is -0.594. The van der Waals surface area contributed by atoms with Gasteiger partial charge in [-0.05, 0) is 12.0 Å². The third kappa shape index (κ3) is 6.67. The molecule has 0 aromatic heterocycles. The van der Waals surface area contributed by atoms with E-state index in [9.17, 15) is 4.79 Å². The summed E-state index contributed by atoms with van der Waals surface area (Å²) in [5, 5.41) is 5.31. The number of carbonyl (C=O) groups is 1. The minimum atomic E-state index is -0.594. The van der Waals surface area contributed by atoms with E-state index < -0.39 is 6.03 Å². The van der Waals surface area contributed by atoms with Gasteiger partial charge in [0.2, 0.25) is 0 Å². The maximum absolute atomic E-state index is 10.5. The Hall–Kier alpha value is -1.22. The Bertz CT molecular complexity index is 162. The second-order valence-corrected chi connectivity index (χ2v) is 2.13. The van der Waals surface area contributed by atoms with Crippen molar-refractivity contribution >= 4 is 6.03 Å². The van der Waals surface area contributed by atoms with Crippen LogP contribution in [0.1, 0.15) is 26.2 Å². The number of carbonyl (C=O) groups excluding carboxylic acids is 1. The van der Waals surface area contributed by atoms with Gasteiger partial charge in [-0.3, -0.25) is 4.79 Å². The number of nitrogens with zero attached hydrogens (tertiary/aromatic N) is 3. The monoisotopic (exact) mass is 156 g/mol. The second kappa shape index (κ2) is 6.89. The van der Waals surface area contributed by atoms with Gasteiger partial charge in [0.1, 0.15) is 0 Å². The van der Waals surface area contributed by atoms with E-state index in [-0.39, 0.29) is 0 Å². The molecule has 11 heavy (non-hydrogen) atoms. The highest BCUT2D eigenvalue weighted by molar-refractivity contribution is 5.74. The number of rotatable bonds is 4. The van der Waals surface area contributed by atoms with Gasteiger partial charge < -0.3 is 5.32 Å². The van der Waals surface area contributed by atoms with Crippen LogP contribution in [0.4, 0.5) is 4.79 Å². The Morgan fingerprint density at radius 1 is 1.64 bits per heavy atom. The molecule has 0 rings (SSSR count). The molecule has 0 radical (unpaired) electrons. The standard InChI is InChI=1S/C6H12N4O/c1-2-3-4-5-8-6(11)9-10-7/h2-5H2,1H3,(H,8,11). The molecule has 1 N–H and O–H groups in total. The van der Waals surface area contributed by atoms with Gasteiger partial charge >= 0.3 is 6.03 Å². The lowest BCUT2D eigenvalue weighted by Crippen LogP contribution is -2.19. The van der Waals surface area contributed by atoms with Crippen molar-refractivity contribution in [3.05, 3.63) is 10.4 Å². The summed E-state index contributed by atoms with van der Waals surface area (Å²) in [7, 11) is 0. The highest BCUT2D eigenvalue weighted by atomic mass is 16.2. The molecule has 0 aliphatic rings. The Labute approximate surface area is 65.4 Å². The number of nitrogens with one attached hydrogen (secondary N) is 1. The third-order valence-electron chi connectivity index (χ3n) is 1.19. The molecule has 0 saturated heterocycles. The van der Waals surface area contributed by atoms with E-state index in [1.54, 1.807) is 0 Å². The average Bonchev–Trinajstić information content (AvgIpc) is 1.99. The molecule has 0 bridgehead atoms. The Balaban J connectivity index is 3.24. The number of hydrogen-bond acceptors (Lipinski definition) is 1. The van der Waals surface area contributed by atoms with Crippen molar-refractivity contribution in [2.75, 3.05) is 6.54 Å². The first kappa shape index (κ1) is 9.78. The maximum Gasteiger partial charge on any atom is 0.308 e. The van der Waals surface area contributed by atoms with Crippen molar-refractivity contribution in [3.63, 3.8) is 0 Å². The van der Waals surface area contributed by atoms with Crippen LogP contribution in [0, 0.1) is 0 Å². The van der Waals surface area contributed by atoms with Crippen LogP contribution in [0.2, 0.25) is 0 Å². The molecule has 0 fully saturated rings. The predicted octanol–water partition coefficient (Wildman–Crippen LogP) is 2.20. The lowest BCUT2D eigenvalue weighted by molar-refractivity contribution is 0.248. The molecular weight excluding hydrogens is 144 g/mol. The third-order valence-corrected chi connectivity index (χ3v) is 1.19. The predicted molar refractivity (Wildman–Crippen MR) is 42.1 cm³/mol. The van der Waals surface area contributed by atoms with Crippen LogP contribution in [0.5, 0.6) is 0 Å². The molecule has 0 spiro atoms. The maximum atomic E-state index is 10.5. The van der Waals surface area contributed by atoms with E-state index >= 15 is 0 Å². The van der Waals surface area contributed by atoms with Gasteiger partial charge in [0, 0.05) is 16.6 Å². The first-order valence-corrected chi connectivity index (χ1v) is 3.64. The second-order valence-electron chi connectivity index (χ2n) is 2.13. The fourth-order valence-electron chi connectivity index (χ4n) is 0.646. The summed E-state index contributed by atoms with van der Waals surface area (Å²) in [5.74, 6) is 0. The Kier molecular flexibility index (Phi) is 6.13. The normalized spacial score (nSPS) is 8.45. The van der Waals surface area contributed by atoms with Crippen LogP contribution in [-0.4, -0.2) is 12.6 Å². The average molecular weight is 156 g/mol. The van der Waals surface area contributed by atoms with Gasteiger partial charge in [0.15, 0.2) is 0 Å². The fraction of sp³-hybridized carbons (Fsp3) is 0.833. The van der Waals surface area contributed by atoms with Gasteiger partial charge in [0.05, 0.1) is 0 Å². The van der Waals surface area contributed by atoms with E-state index in [1.807, 2.05) is 0 Å². The number of azide groups is 1. The molecule has 5 heteroatoms. The first-order valence-electron chi connectivity index (χ1n) is 3.64. The summed E-state index contributed by atoms with van der Waals surface area (Å²) in [6.07, 6.45) is 3.12. The molecule has 2 amide bonds. The number of hydrogen-bond donors (Lipinski definition) is 1. The molecule has 0 saturated carbocycles. The van der Waals surface area contributed by atoms with E-state index in [2.05, 4.69) is 22.3 Å². The highest BCUT2D eigenvalue weighted by Crippen LogP contribution is 1.91. The minimum Gasteiger partial charge on any atom is -0.351 e. The summed E-state index contributed by atoms with van der Waals surface area (Å²) in [4.78, 5) is 12.8. The van der Waals surface area contributed by atoms with Gasteiger partial charge in [-0.15, -0.1) is 0 Å². The van der Waals surface area contributed by atoms with E-state index in [0.29, 0.717) is 6.54 Å². The number of unbranched alkanes of at least 4 members (excludes halogenated alkanes) is 2. The van der Waals surface area contributed by atoms with Crippen LogP contribution in [-0.2, 0) is 0 Å². The summed E-state index contributed by atoms with van der Waals surface area (Å²) in [6.45, 7) is 2.67. The van der Waals surface area contributed by atoms with Crippen LogP contribution in [0.25, 0.3) is 10.4 Å². The molecule has 0 heterocycles. The smallest absolute Gasteiger partial charge is 0.308 e. The van der Waals surface area contributed by atoms with Gasteiger partial charge in [-0.1, -0.05) is 19.8 Å². The van der Waals surface area contributed by atoms with E-state index in [4.69, 9.17) is 5.53 Å². The minimum absolute atomic E-state index is 0.589. The molecule has 0 aromatic rings. The van der Waals surface area contributed by atoms with E-state index in [0.717, 1.165) is 19.3 Å². The Morgan fingerprint density at radius 2 is 2.36 bits per heavy atom. The van der Waals surface area contributed by atoms with Crippen molar-refractivity contribution in [1.29, 1.82) is 0 Å². The van der Waals surface area contributed by atoms with Crippen molar-refractivity contribution in [2.24, 2.45) is 5.11 Å². The highest BCUT2D eigenvalue weighted by Gasteiger charge is 1.92. The van der Waals surface area contributed by atoms with Crippen molar-refractivity contribution in [3.8, 4) is 0 Å². The SMILES string of the molecule is CCCCCNC(=O)N=[N+]=[N-]. The number of amides is 2. The molecule has 5 nitrogen and oxygen atoms in total. The van der Waals surface area contributed by atoms with Crippen molar-refractivity contribution in [1.82, 2.24) is 5.32 Å². The van der Waals surface area contributed by atoms with Crippen LogP contribution in [0.3, 0.4) is 0 Å². The molecule has 0 aliphatic heterocycles. The molecule has 0 aromatic carbocycles. The zero-order chi connectivity index (χ0) is 8.53. The molecular formula is C6H12N4O. The van der Waals surface area contributed by atoms with E-state index in [1.165, 1.54) is 0 Å². The molecule has 0 atom stereocenters. The molecule has 0 aliphatic carbocycles. The largest absolute Gasteiger partial charge is 0.351 e. The van der Waals surface area contributed by atoms with Crippen molar-refractivity contribution in [2.45, 2.75) is 26.2 Å². The zero-order valence-electron chi connectivity index (χ0n) is 6.58. The van der Waals surface area contributed by atoms with Gasteiger partial charge in [-0.2, -0.15) is 0 Å². The van der Waals surface area contributed by atoms with Crippen LogP contribution < -0.4 is 5.32 Å². The number of urea groups is 1. The molecule has 62 valence electrons. The lowest BCUT2D eigenvalue weighted by Gasteiger charge is -1.98. The lowest BCUT2D eigenvalue weighted by atomic mass is 10.2. The zero-order valence-corrected chi connectivity index (χ0v) is 6.58. The summed E-state index contributed by atoms with van der Waals surface area (Å²) < 4.78 is 0.